The lowest BCUT2D eigenvalue weighted by Crippen LogP contribution is -2.46. The van der Waals surface area contributed by atoms with E-state index in [0.29, 0.717) is 12.0 Å². The standard InChI is InChI=1S/C16H24N2O2.2ClH/c19-14-6-5-13(11-15(14)20)16(12-3-1-2-4-12)18-9-7-17-8-10-18;;/h5-6,11-12,16-17,19-20H,1-4,7-10H2;2*1H/t16-;;/m0../s1. The summed E-state index contributed by atoms with van der Waals surface area (Å²) in [4.78, 5) is 2.54. The summed E-state index contributed by atoms with van der Waals surface area (Å²) in [5.74, 6) is 0.650. The zero-order valence-electron chi connectivity index (χ0n) is 12.7. The average molecular weight is 349 g/mol. The molecule has 1 aromatic carbocycles. The number of phenols is 2. The second kappa shape index (κ2) is 8.82. The quantitative estimate of drug-likeness (QED) is 0.734. The average Bonchev–Trinajstić information content (AvgIpc) is 2.98. The Kier molecular flexibility index (Phi) is 7.77. The molecule has 0 bridgehead atoms. The maximum Gasteiger partial charge on any atom is 0.157 e. The number of benzene rings is 1. The molecule has 1 atom stereocenters. The topological polar surface area (TPSA) is 55.7 Å². The molecule has 1 saturated carbocycles. The van der Waals surface area contributed by atoms with Crippen molar-refractivity contribution in [3.63, 3.8) is 0 Å². The Morgan fingerprint density at radius 2 is 1.64 bits per heavy atom. The lowest BCUT2D eigenvalue weighted by molar-refractivity contribution is 0.125. The molecule has 0 spiro atoms. The van der Waals surface area contributed by atoms with E-state index < -0.39 is 0 Å². The summed E-state index contributed by atoms with van der Waals surface area (Å²) >= 11 is 0. The van der Waals surface area contributed by atoms with Crippen LogP contribution in [0, 0.1) is 5.92 Å². The first kappa shape index (κ1) is 19.4. The summed E-state index contributed by atoms with van der Waals surface area (Å²) in [7, 11) is 0. The zero-order valence-corrected chi connectivity index (χ0v) is 14.3. The number of piperazine rings is 1. The second-order valence-electron chi connectivity index (χ2n) is 6.02. The van der Waals surface area contributed by atoms with Gasteiger partial charge in [-0.2, -0.15) is 0 Å². The zero-order chi connectivity index (χ0) is 13.9. The van der Waals surface area contributed by atoms with Crippen molar-refractivity contribution in [1.29, 1.82) is 0 Å². The van der Waals surface area contributed by atoms with Crippen LogP contribution >= 0.6 is 24.8 Å². The number of hydrogen-bond donors (Lipinski definition) is 3. The van der Waals surface area contributed by atoms with Crippen molar-refractivity contribution < 1.29 is 10.2 Å². The summed E-state index contributed by atoms with van der Waals surface area (Å²) < 4.78 is 0. The lowest BCUT2D eigenvalue weighted by Gasteiger charge is -2.38. The predicted octanol–water partition coefficient (Wildman–Crippen LogP) is 3.08. The third kappa shape index (κ3) is 4.19. The minimum absolute atomic E-state index is 0. The van der Waals surface area contributed by atoms with Gasteiger partial charge in [-0.15, -0.1) is 24.8 Å². The highest BCUT2D eigenvalue weighted by atomic mass is 35.5. The van der Waals surface area contributed by atoms with Crippen LogP contribution in [0.2, 0.25) is 0 Å². The van der Waals surface area contributed by atoms with Crippen LogP contribution in [-0.4, -0.2) is 41.3 Å². The molecule has 126 valence electrons. The molecule has 2 fully saturated rings. The third-order valence-electron chi connectivity index (χ3n) is 4.73. The highest BCUT2D eigenvalue weighted by Crippen LogP contribution is 2.41. The molecule has 4 nitrogen and oxygen atoms in total. The van der Waals surface area contributed by atoms with Crippen molar-refractivity contribution >= 4 is 24.8 Å². The number of hydrogen-bond acceptors (Lipinski definition) is 4. The fourth-order valence-electron chi connectivity index (χ4n) is 3.74. The minimum Gasteiger partial charge on any atom is -0.504 e. The Balaban J connectivity index is 0.00000121. The molecule has 0 amide bonds. The summed E-state index contributed by atoms with van der Waals surface area (Å²) in [5, 5.41) is 22.7. The van der Waals surface area contributed by atoms with Gasteiger partial charge in [-0.1, -0.05) is 18.9 Å². The van der Waals surface area contributed by atoms with Crippen LogP contribution < -0.4 is 5.32 Å². The van der Waals surface area contributed by atoms with Gasteiger partial charge in [0.25, 0.3) is 0 Å². The molecule has 0 radical (unpaired) electrons. The molecule has 3 rings (SSSR count). The van der Waals surface area contributed by atoms with E-state index in [1.165, 1.54) is 25.7 Å². The Bertz CT molecular complexity index is 461. The van der Waals surface area contributed by atoms with Gasteiger partial charge in [0.15, 0.2) is 11.5 Å². The highest BCUT2D eigenvalue weighted by Gasteiger charge is 2.32. The Morgan fingerprint density at radius 3 is 2.23 bits per heavy atom. The van der Waals surface area contributed by atoms with E-state index in [-0.39, 0.29) is 36.3 Å². The number of halogens is 2. The number of aromatic hydroxyl groups is 2. The van der Waals surface area contributed by atoms with Crippen LogP contribution in [0.4, 0.5) is 0 Å². The molecule has 1 saturated heterocycles. The largest absolute Gasteiger partial charge is 0.504 e. The first-order valence-electron chi connectivity index (χ1n) is 7.72. The molecular weight excluding hydrogens is 323 g/mol. The summed E-state index contributed by atoms with van der Waals surface area (Å²) in [6.07, 6.45) is 5.18. The molecule has 1 aliphatic heterocycles. The van der Waals surface area contributed by atoms with E-state index in [0.717, 1.165) is 31.7 Å². The van der Waals surface area contributed by atoms with Crippen LogP contribution in [-0.2, 0) is 0 Å². The van der Waals surface area contributed by atoms with Gasteiger partial charge in [0.05, 0.1) is 0 Å². The number of rotatable bonds is 3. The van der Waals surface area contributed by atoms with Crippen molar-refractivity contribution in [3.8, 4) is 11.5 Å². The fourth-order valence-corrected chi connectivity index (χ4v) is 3.74. The van der Waals surface area contributed by atoms with Crippen LogP contribution in [0.1, 0.15) is 37.3 Å². The first-order valence-corrected chi connectivity index (χ1v) is 7.72. The first-order chi connectivity index (χ1) is 9.75. The van der Waals surface area contributed by atoms with E-state index in [4.69, 9.17) is 0 Å². The van der Waals surface area contributed by atoms with E-state index >= 15 is 0 Å². The van der Waals surface area contributed by atoms with Gasteiger partial charge in [0, 0.05) is 32.2 Å². The molecule has 3 N–H and O–H groups in total. The highest BCUT2D eigenvalue weighted by molar-refractivity contribution is 5.85. The molecule has 22 heavy (non-hydrogen) atoms. The van der Waals surface area contributed by atoms with Crippen molar-refractivity contribution in [2.24, 2.45) is 5.92 Å². The van der Waals surface area contributed by atoms with Gasteiger partial charge < -0.3 is 15.5 Å². The summed E-state index contributed by atoms with van der Waals surface area (Å²) in [6, 6.07) is 5.72. The summed E-state index contributed by atoms with van der Waals surface area (Å²) in [6.45, 7) is 4.19. The molecule has 1 aromatic rings. The van der Waals surface area contributed by atoms with Gasteiger partial charge in [-0.05, 0) is 36.5 Å². The van der Waals surface area contributed by atoms with Crippen molar-refractivity contribution in [2.75, 3.05) is 26.2 Å². The maximum atomic E-state index is 9.81. The third-order valence-corrected chi connectivity index (χ3v) is 4.73. The number of nitrogens with one attached hydrogen (secondary N) is 1. The van der Waals surface area contributed by atoms with Crippen LogP contribution in [0.25, 0.3) is 0 Å². The van der Waals surface area contributed by atoms with Gasteiger partial charge in [0.2, 0.25) is 0 Å². The SMILES string of the molecule is Cl.Cl.Oc1ccc([C@H](C2CCCC2)N2CCNCC2)cc1O. The van der Waals surface area contributed by atoms with Crippen molar-refractivity contribution in [2.45, 2.75) is 31.7 Å². The second-order valence-corrected chi connectivity index (χ2v) is 6.02. The Morgan fingerprint density at radius 1 is 1.00 bits per heavy atom. The number of nitrogens with zero attached hydrogens (tertiary/aromatic N) is 1. The van der Waals surface area contributed by atoms with Gasteiger partial charge in [0.1, 0.15) is 0 Å². The van der Waals surface area contributed by atoms with Crippen molar-refractivity contribution in [3.05, 3.63) is 23.8 Å². The van der Waals surface area contributed by atoms with Gasteiger partial charge >= 0.3 is 0 Å². The van der Waals surface area contributed by atoms with Crippen LogP contribution in [0.15, 0.2) is 18.2 Å². The smallest absolute Gasteiger partial charge is 0.157 e. The molecule has 1 heterocycles. The van der Waals surface area contributed by atoms with E-state index in [9.17, 15) is 10.2 Å². The van der Waals surface area contributed by atoms with E-state index in [2.05, 4.69) is 10.2 Å². The molecule has 0 aromatic heterocycles. The molecule has 2 aliphatic rings. The van der Waals surface area contributed by atoms with Crippen molar-refractivity contribution in [1.82, 2.24) is 10.2 Å². The van der Waals surface area contributed by atoms with Gasteiger partial charge in [-0.25, -0.2) is 0 Å². The molecule has 0 unspecified atom stereocenters. The molecular formula is C16H26Cl2N2O2. The maximum absolute atomic E-state index is 9.81. The molecule has 6 heteroatoms. The minimum atomic E-state index is -0.0285. The van der Waals surface area contributed by atoms with E-state index in [1.807, 2.05) is 6.07 Å². The fraction of sp³-hybridized carbons (Fsp3) is 0.625. The number of phenolic OH excluding ortho intramolecular Hbond substituents is 2. The van der Waals surface area contributed by atoms with Crippen LogP contribution in [0.5, 0.6) is 11.5 Å². The monoisotopic (exact) mass is 348 g/mol. The van der Waals surface area contributed by atoms with Crippen LogP contribution in [0.3, 0.4) is 0 Å². The normalized spacial score (nSPS) is 20.9. The lowest BCUT2D eigenvalue weighted by atomic mass is 9.89. The Hall–Kier alpha value is -0.680. The predicted molar refractivity (Wildman–Crippen MR) is 93.4 cm³/mol. The summed E-state index contributed by atoms with van der Waals surface area (Å²) in [5.41, 5.74) is 1.15. The Labute approximate surface area is 144 Å². The molecule has 1 aliphatic carbocycles. The van der Waals surface area contributed by atoms with Gasteiger partial charge in [-0.3, -0.25) is 4.90 Å². The van der Waals surface area contributed by atoms with E-state index in [1.54, 1.807) is 12.1 Å².